The molecule has 0 fully saturated rings. The van der Waals surface area contributed by atoms with Crippen LogP contribution in [0.1, 0.15) is 36.3 Å². The first-order valence-electron chi connectivity index (χ1n) is 5.66. The fourth-order valence-electron chi connectivity index (χ4n) is 2.27. The summed E-state index contributed by atoms with van der Waals surface area (Å²) in [6.45, 7) is 1.86. The zero-order valence-electron chi connectivity index (χ0n) is 9.20. The lowest BCUT2D eigenvalue weighted by atomic mass is 10.1. The maximum absolute atomic E-state index is 6.37. The van der Waals surface area contributed by atoms with E-state index in [2.05, 4.69) is 15.1 Å². The number of fused-ring (bicyclic) bond motifs is 2. The van der Waals surface area contributed by atoms with Crippen LogP contribution in [0.2, 0.25) is 5.15 Å². The van der Waals surface area contributed by atoms with Gasteiger partial charge in [-0.1, -0.05) is 18.0 Å². The van der Waals surface area contributed by atoms with Gasteiger partial charge in [0.05, 0.1) is 5.69 Å². The Bertz CT molecular complexity index is 546. The summed E-state index contributed by atoms with van der Waals surface area (Å²) in [4.78, 5) is 8.83. The topological polar surface area (TPSA) is 43.1 Å². The summed E-state index contributed by atoms with van der Waals surface area (Å²) in [5.41, 5.74) is 2.28. The summed E-state index contributed by atoms with van der Waals surface area (Å²) in [5.74, 6) is 1.35. The minimum atomic E-state index is 0.628. The summed E-state index contributed by atoms with van der Waals surface area (Å²) in [6.07, 6.45) is 5.65. The number of rotatable bonds is 0. The molecule has 0 bridgehead atoms. The molecule has 5 heteroatoms. The molecule has 0 radical (unpaired) electrons. The Morgan fingerprint density at radius 1 is 1.12 bits per heavy atom. The monoisotopic (exact) mass is 236 g/mol. The van der Waals surface area contributed by atoms with Crippen molar-refractivity contribution < 1.29 is 0 Å². The van der Waals surface area contributed by atoms with E-state index in [1.807, 2.05) is 6.92 Å². The molecule has 0 spiro atoms. The summed E-state index contributed by atoms with van der Waals surface area (Å²) >= 11 is 6.37. The molecule has 3 rings (SSSR count). The van der Waals surface area contributed by atoms with Crippen LogP contribution in [0.15, 0.2) is 0 Å². The zero-order chi connectivity index (χ0) is 11.1. The molecule has 4 nitrogen and oxygen atoms in total. The van der Waals surface area contributed by atoms with Crippen molar-refractivity contribution in [2.24, 2.45) is 0 Å². The molecule has 0 aromatic carbocycles. The first-order valence-corrected chi connectivity index (χ1v) is 6.04. The highest BCUT2D eigenvalue weighted by Gasteiger charge is 2.17. The average molecular weight is 237 g/mol. The van der Waals surface area contributed by atoms with E-state index in [1.54, 1.807) is 4.52 Å². The Morgan fingerprint density at radius 2 is 1.94 bits per heavy atom. The molecule has 0 saturated carbocycles. The molecule has 0 unspecified atom stereocenters. The summed E-state index contributed by atoms with van der Waals surface area (Å²) in [5, 5.41) is 4.96. The lowest BCUT2D eigenvalue weighted by molar-refractivity contribution is 0.709. The van der Waals surface area contributed by atoms with E-state index in [9.17, 15) is 0 Å². The molecular weight excluding hydrogens is 224 g/mol. The van der Waals surface area contributed by atoms with E-state index in [-0.39, 0.29) is 0 Å². The van der Waals surface area contributed by atoms with Crippen LogP contribution in [-0.4, -0.2) is 19.6 Å². The van der Waals surface area contributed by atoms with Crippen LogP contribution < -0.4 is 0 Å². The number of nitrogens with zero attached hydrogens (tertiary/aromatic N) is 4. The largest absolute Gasteiger partial charge is 0.254 e. The van der Waals surface area contributed by atoms with E-state index in [1.165, 1.54) is 19.3 Å². The van der Waals surface area contributed by atoms with Crippen molar-refractivity contribution in [3.8, 4) is 0 Å². The number of aromatic nitrogens is 4. The number of hydrogen-bond acceptors (Lipinski definition) is 3. The molecule has 0 saturated heterocycles. The Kier molecular flexibility index (Phi) is 2.32. The van der Waals surface area contributed by atoms with Crippen LogP contribution in [0.3, 0.4) is 0 Å². The van der Waals surface area contributed by atoms with Gasteiger partial charge in [0.2, 0.25) is 0 Å². The van der Waals surface area contributed by atoms with Crippen molar-refractivity contribution in [2.45, 2.75) is 39.0 Å². The molecule has 2 aromatic rings. The fourth-order valence-corrected chi connectivity index (χ4v) is 2.59. The maximum atomic E-state index is 6.37. The Morgan fingerprint density at radius 3 is 2.81 bits per heavy atom. The zero-order valence-corrected chi connectivity index (χ0v) is 9.96. The summed E-state index contributed by atoms with van der Waals surface area (Å²) in [6, 6.07) is 0. The fraction of sp³-hybridized carbons (Fsp3) is 0.545. The molecule has 84 valence electrons. The number of halogens is 1. The second-order valence-corrected chi connectivity index (χ2v) is 4.62. The van der Waals surface area contributed by atoms with Gasteiger partial charge in [0.15, 0.2) is 0 Å². The van der Waals surface area contributed by atoms with Crippen molar-refractivity contribution in [1.29, 1.82) is 0 Å². The van der Waals surface area contributed by atoms with E-state index in [4.69, 9.17) is 11.6 Å². The van der Waals surface area contributed by atoms with Crippen molar-refractivity contribution in [3.05, 3.63) is 22.2 Å². The first-order chi connectivity index (χ1) is 7.75. The van der Waals surface area contributed by atoms with Gasteiger partial charge in [-0.2, -0.15) is 9.50 Å². The normalized spacial score (nSPS) is 16.1. The lowest BCUT2D eigenvalue weighted by Gasteiger charge is -2.07. The SMILES string of the molecule is Cc1nc2nc3c(c(Cl)n2n1)CCCCC3. The van der Waals surface area contributed by atoms with Gasteiger partial charge in [0.1, 0.15) is 11.0 Å². The standard InChI is InChI=1S/C11H13ClN4/c1-7-13-11-14-9-6-4-2-3-5-8(9)10(12)16(11)15-7/h2-6H2,1H3. The second-order valence-electron chi connectivity index (χ2n) is 4.26. The minimum absolute atomic E-state index is 0.628. The van der Waals surface area contributed by atoms with E-state index >= 15 is 0 Å². The maximum Gasteiger partial charge on any atom is 0.254 e. The van der Waals surface area contributed by atoms with Crippen LogP contribution in [0.5, 0.6) is 0 Å². The Balaban J connectivity index is 2.28. The number of aryl methyl sites for hydroxylation is 2. The van der Waals surface area contributed by atoms with Crippen molar-refractivity contribution in [2.75, 3.05) is 0 Å². The molecule has 2 heterocycles. The minimum Gasteiger partial charge on any atom is -0.216 e. The van der Waals surface area contributed by atoms with Crippen LogP contribution in [0.4, 0.5) is 0 Å². The quantitative estimate of drug-likeness (QED) is 0.521. The van der Waals surface area contributed by atoms with E-state index in [0.717, 1.165) is 29.9 Å². The highest BCUT2D eigenvalue weighted by atomic mass is 35.5. The predicted molar refractivity (Wildman–Crippen MR) is 61.8 cm³/mol. The second kappa shape index (κ2) is 3.70. The summed E-state index contributed by atoms with van der Waals surface area (Å²) < 4.78 is 1.65. The smallest absolute Gasteiger partial charge is 0.216 e. The molecule has 0 amide bonds. The van der Waals surface area contributed by atoms with Crippen molar-refractivity contribution in [3.63, 3.8) is 0 Å². The Hall–Kier alpha value is -1.16. The molecule has 0 atom stereocenters. The third-order valence-corrected chi connectivity index (χ3v) is 3.44. The molecule has 2 aromatic heterocycles. The van der Waals surface area contributed by atoms with Crippen LogP contribution in [0.25, 0.3) is 5.78 Å². The van der Waals surface area contributed by atoms with Gasteiger partial charge in [-0.15, -0.1) is 5.10 Å². The van der Waals surface area contributed by atoms with Crippen molar-refractivity contribution >= 4 is 17.4 Å². The van der Waals surface area contributed by atoms with Gasteiger partial charge in [-0.25, -0.2) is 4.98 Å². The van der Waals surface area contributed by atoms with Crippen LogP contribution in [0, 0.1) is 6.92 Å². The molecule has 0 aliphatic heterocycles. The van der Waals surface area contributed by atoms with Gasteiger partial charge in [-0.3, -0.25) is 0 Å². The molecule has 1 aliphatic rings. The van der Waals surface area contributed by atoms with Crippen molar-refractivity contribution in [1.82, 2.24) is 19.6 Å². The molecular formula is C11H13ClN4. The highest BCUT2D eigenvalue weighted by molar-refractivity contribution is 6.30. The summed E-state index contributed by atoms with van der Waals surface area (Å²) in [7, 11) is 0. The third kappa shape index (κ3) is 1.48. The van der Waals surface area contributed by atoms with Crippen LogP contribution >= 0.6 is 11.6 Å². The number of hydrogen-bond donors (Lipinski definition) is 0. The van der Waals surface area contributed by atoms with Gasteiger partial charge >= 0.3 is 0 Å². The first kappa shape index (κ1) is 10.0. The van der Waals surface area contributed by atoms with Gasteiger partial charge in [0.25, 0.3) is 5.78 Å². The molecule has 16 heavy (non-hydrogen) atoms. The predicted octanol–water partition coefficient (Wildman–Crippen LogP) is 2.36. The van der Waals surface area contributed by atoms with Crippen LogP contribution in [-0.2, 0) is 12.8 Å². The van der Waals surface area contributed by atoms with Gasteiger partial charge in [-0.05, 0) is 32.6 Å². The Labute approximate surface area is 98.7 Å². The van der Waals surface area contributed by atoms with E-state index in [0.29, 0.717) is 10.9 Å². The third-order valence-electron chi connectivity index (χ3n) is 3.05. The van der Waals surface area contributed by atoms with Gasteiger partial charge < -0.3 is 0 Å². The molecule has 0 N–H and O–H groups in total. The highest BCUT2D eigenvalue weighted by Crippen LogP contribution is 2.26. The lowest BCUT2D eigenvalue weighted by Crippen LogP contribution is -2.04. The molecule has 1 aliphatic carbocycles. The van der Waals surface area contributed by atoms with E-state index < -0.39 is 0 Å². The van der Waals surface area contributed by atoms with Gasteiger partial charge in [0, 0.05) is 5.56 Å². The average Bonchev–Trinajstić information content (AvgIpc) is 2.48.